The van der Waals surface area contributed by atoms with E-state index in [0.29, 0.717) is 11.8 Å². The van der Waals surface area contributed by atoms with Crippen molar-refractivity contribution in [2.24, 2.45) is 0 Å². The number of nitrogens with one attached hydrogen (secondary N) is 2. The molecule has 2 aromatic heterocycles. The van der Waals surface area contributed by atoms with Gasteiger partial charge in [-0.05, 0) is 33.7 Å². The van der Waals surface area contributed by atoms with E-state index in [-0.39, 0.29) is 0 Å². The van der Waals surface area contributed by atoms with E-state index in [9.17, 15) is 0 Å². The summed E-state index contributed by atoms with van der Waals surface area (Å²) in [6, 6.07) is 8.81. The molecule has 4 rings (SSSR count). The van der Waals surface area contributed by atoms with E-state index in [2.05, 4.69) is 74.3 Å². The topological polar surface area (TPSA) is 31.6 Å². The van der Waals surface area contributed by atoms with Gasteiger partial charge in [-0.1, -0.05) is 52.0 Å². The van der Waals surface area contributed by atoms with Gasteiger partial charge in [0.05, 0.1) is 11.0 Å². The van der Waals surface area contributed by atoms with Gasteiger partial charge in [0.25, 0.3) is 0 Å². The van der Waals surface area contributed by atoms with E-state index in [4.69, 9.17) is 0 Å². The Morgan fingerprint density at radius 3 is 1.45 bits per heavy atom. The van der Waals surface area contributed by atoms with Gasteiger partial charge in [0.15, 0.2) is 0 Å². The molecular weight excluding hydrogens is 268 g/mol. The lowest BCUT2D eigenvalue weighted by atomic mass is 9.93. The molecule has 0 unspecified atom stereocenters. The van der Waals surface area contributed by atoms with Crippen LogP contribution in [0.4, 0.5) is 0 Å². The zero-order chi connectivity index (χ0) is 15.4. The minimum atomic E-state index is 0.508. The molecule has 0 fully saturated rings. The van der Waals surface area contributed by atoms with Crippen LogP contribution in [0.2, 0.25) is 0 Å². The molecule has 2 heteroatoms. The van der Waals surface area contributed by atoms with E-state index < -0.39 is 0 Å². The molecule has 2 nitrogen and oxygen atoms in total. The maximum atomic E-state index is 3.53. The number of rotatable bonds is 2. The SMILES string of the molecule is CC(C)c1c[nH]c2c3[nH]cc(C(C)C)c3c3ccccc3c12. The molecule has 22 heavy (non-hydrogen) atoms. The van der Waals surface area contributed by atoms with E-state index >= 15 is 0 Å². The van der Waals surface area contributed by atoms with Crippen LogP contribution in [-0.4, -0.2) is 9.97 Å². The molecule has 0 spiro atoms. The van der Waals surface area contributed by atoms with Crippen molar-refractivity contribution >= 4 is 32.6 Å². The Morgan fingerprint density at radius 1 is 0.682 bits per heavy atom. The van der Waals surface area contributed by atoms with Crippen LogP contribution in [0, 0.1) is 0 Å². The fourth-order valence-electron chi connectivity index (χ4n) is 3.68. The van der Waals surface area contributed by atoms with Crippen LogP contribution in [0.5, 0.6) is 0 Å². The highest BCUT2D eigenvalue weighted by Gasteiger charge is 2.18. The number of hydrogen-bond acceptors (Lipinski definition) is 0. The van der Waals surface area contributed by atoms with Crippen LogP contribution < -0.4 is 0 Å². The average Bonchev–Trinajstić information content (AvgIpc) is 3.11. The van der Waals surface area contributed by atoms with Gasteiger partial charge in [-0.25, -0.2) is 0 Å². The van der Waals surface area contributed by atoms with Gasteiger partial charge >= 0.3 is 0 Å². The van der Waals surface area contributed by atoms with Crippen molar-refractivity contribution in [3.63, 3.8) is 0 Å². The summed E-state index contributed by atoms with van der Waals surface area (Å²) >= 11 is 0. The van der Waals surface area contributed by atoms with Gasteiger partial charge in [-0.2, -0.15) is 0 Å². The third-order valence-corrected chi connectivity index (χ3v) is 4.78. The fraction of sp³-hybridized carbons (Fsp3) is 0.300. The standard InChI is InChI=1S/C20H22N2/c1-11(2)15-9-21-19-17(15)13-7-5-6-8-14(13)18-16(12(3)4)10-22-20(18)19/h5-12,21-22H,1-4H3. The molecule has 4 aromatic rings. The summed E-state index contributed by atoms with van der Waals surface area (Å²) in [7, 11) is 0. The Balaban J connectivity index is 2.31. The Hall–Kier alpha value is -2.22. The van der Waals surface area contributed by atoms with Crippen molar-refractivity contribution in [1.29, 1.82) is 0 Å². The monoisotopic (exact) mass is 290 g/mol. The molecule has 0 amide bonds. The fourth-order valence-corrected chi connectivity index (χ4v) is 3.68. The number of aromatic nitrogens is 2. The number of fused-ring (bicyclic) bond motifs is 6. The first-order valence-corrected chi connectivity index (χ1v) is 8.12. The Kier molecular flexibility index (Phi) is 2.83. The molecule has 0 aliphatic rings. The highest BCUT2D eigenvalue weighted by molar-refractivity contribution is 6.25. The van der Waals surface area contributed by atoms with E-state index in [1.165, 1.54) is 43.7 Å². The highest BCUT2D eigenvalue weighted by Crippen LogP contribution is 2.40. The molecular formula is C20H22N2. The summed E-state index contributed by atoms with van der Waals surface area (Å²) in [6.07, 6.45) is 4.36. The van der Waals surface area contributed by atoms with Crippen molar-refractivity contribution < 1.29 is 0 Å². The summed E-state index contributed by atoms with van der Waals surface area (Å²) in [5.74, 6) is 1.02. The summed E-state index contributed by atoms with van der Waals surface area (Å²) in [6.45, 7) is 9.04. The van der Waals surface area contributed by atoms with Gasteiger partial charge in [-0.15, -0.1) is 0 Å². The minimum absolute atomic E-state index is 0.508. The van der Waals surface area contributed by atoms with Crippen molar-refractivity contribution in [2.75, 3.05) is 0 Å². The first-order valence-electron chi connectivity index (χ1n) is 8.12. The molecule has 0 bridgehead atoms. The summed E-state index contributed by atoms with van der Waals surface area (Å²) in [4.78, 5) is 7.05. The molecule has 2 N–H and O–H groups in total. The molecule has 2 heterocycles. The predicted molar refractivity (Wildman–Crippen MR) is 95.8 cm³/mol. The minimum Gasteiger partial charge on any atom is -0.359 e. The van der Waals surface area contributed by atoms with E-state index in [0.717, 1.165) is 0 Å². The van der Waals surface area contributed by atoms with Crippen LogP contribution in [-0.2, 0) is 0 Å². The number of aromatic amines is 2. The second kappa shape index (κ2) is 4.64. The lowest BCUT2D eigenvalue weighted by Crippen LogP contribution is -1.88. The van der Waals surface area contributed by atoms with Gasteiger partial charge < -0.3 is 9.97 Å². The van der Waals surface area contributed by atoms with Crippen molar-refractivity contribution in [3.05, 3.63) is 47.8 Å². The Labute approximate surface area is 130 Å². The maximum absolute atomic E-state index is 3.53. The zero-order valence-electron chi connectivity index (χ0n) is 13.6. The van der Waals surface area contributed by atoms with Crippen molar-refractivity contribution in [3.8, 4) is 0 Å². The number of H-pyrrole nitrogens is 2. The van der Waals surface area contributed by atoms with Gasteiger partial charge in [0.1, 0.15) is 0 Å². The van der Waals surface area contributed by atoms with Crippen LogP contribution in [0.1, 0.15) is 50.7 Å². The molecule has 0 aliphatic carbocycles. The molecule has 112 valence electrons. The van der Waals surface area contributed by atoms with Gasteiger partial charge in [0, 0.05) is 23.2 Å². The summed E-state index contributed by atoms with van der Waals surface area (Å²) < 4.78 is 0. The smallest absolute Gasteiger partial charge is 0.0708 e. The first-order chi connectivity index (χ1) is 10.6. The van der Waals surface area contributed by atoms with Gasteiger partial charge in [0.2, 0.25) is 0 Å². The highest BCUT2D eigenvalue weighted by atomic mass is 14.8. The molecule has 0 atom stereocenters. The summed E-state index contributed by atoms with van der Waals surface area (Å²) in [5.41, 5.74) is 5.27. The Morgan fingerprint density at radius 2 is 1.09 bits per heavy atom. The van der Waals surface area contributed by atoms with E-state index in [1.54, 1.807) is 0 Å². The van der Waals surface area contributed by atoms with Gasteiger partial charge in [-0.3, -0.25) is 0 Å². The number of hydrogen-bond donors (Lipinski definition) is 2. The van der Waals surface area contributed by atoms with Crippen LogP contribution in [0.3, 0.4) is 0 Å². The van der Waals surface area contributed by atoms with Crippen LogP contribution in [0.15, 0.2) is 36.7 Å². The number of benzene rings is 2. The lowest BCUT2D eigenvalue weighted by Gasteiger charge is -2.10. The molecule has 0 aliphatic heterocycles. The maximum Gasteiger partial charge on any atom is 0.0708 e. The second-order valence-electron chi connectivity index (χ2n) is 6.84. The zero-order valence-corrected chi connectivity index (χ0v) is 13.6. The molecule has 0 radical (unpaired) electrons. The summed E-state index contributed by atoms with van der Waals surface area (Å²) in [5, 5.41) is 5.46. The normalized spacial score (nSPS) is 12.5. The predicted octanol–water partition coefficient (Wildman–Crippen LogP) is 6.05. The molecule has 0 saturated heterocycles. The quantitative estimate of drug-likeness (QED) is 0.450. The molecule has 0 saturated carbocycles. The van der Waals surface area contributed by atoms with E-state index in [1.807, 2.05) is 0 Å². The largest absolute Gasteiger partial charge is 0.359 e. The third-order valence-electron chi connectivity index (χ3n) is 4.78. The average molecular weight is 290 g/mol. The van der Waals surface area contributed by atoms with Crippen molar-refractivity contribution in [1.82, 2.24) is 9.97 Å². The third kappa shape index (κ3) is 1.67. The molecule has 2 aromatic carbocycles. The lowest BCUT2D eigenvalue weighted by molar-refractivity contribution is 0.875. The second-order valence-corrected chi connectivity index (χ2v) is 6.84. The first kappa shape index (κ1) is 13.4. The van der Waals surface area contributed by atoms with Crippen LogP contribution >= 0.6 is 0 Å². The van der Waals surface area contributed by atoms with Crippen LogP contribution in [0.25, 0.3) is 32.6 Å². The van der Waals surface area contributed by atoms with Crippen molar-refractivity contribution in [2.45, 2.75) is 39.5 Å². The Bertz CT molecular complexity index is 902.